The molecule has 0 saturated heterocycles. The van der Waals surface area contributed by atoms with E-state index in [0.717, 1.165) is 35.7 Å². The Labute approximate surface area is 179 Å². The fourth-order valence-electron chi connectivity index (χ4n) is 5.10. The van der Waals surface area contributed by atoms with E-state index in [1.54, 1.807) is 30.5 Å². The second-order valence-electron chi connectivity index (χ2n) is 8.47. The third kappa shape index (κ3) is 3.91. The molecule has 1 N–H and O–H groups in total. The lowest BCUT2D eigenvalue weighted by Crippen LogP contribution is -2.15. The number of halogens is 1. The number of fused-ring (bicyclic) bond motifs is 2. The molecule has 2 aliphatic rings. The second-order valence-corrected chi connectivity index (χ2v) is 8.47. The fourth-order valence-corrected chi connectivity index (χ4v) is 5.10. The van der Waals surface area contributed by atoms with Crippen molar-refractivity contribution in [3.63, 3.8) is 0 Å². The zero-order valence-electron chi connectivity index (χ0n) is 16.9. The summed E-state index contributed by atoms with van der Waals surface area (Å²) in [5, 5.41) is 12.5. The number of carbonyl (C=O) groups is 1. The quantitative estimate of drug-likeness (QED) is 0.647. The van der Waals surface area contributed by atoms with E-state index in [1.165, 1.54) is 17.8 Å². The topological polar surface area (TPSA) is 78.7 Å². The Hall–Kier alpha value is -3.59. The predicted octanol–water partition coefficient (Wildman–Crippen LogP) is 5.10. The number of benzene rings is 1. The van der Waals surface area contributed by atoms with Crippen LogP contribution in [-0.2, 0) is 4.79 Å². The van der Waals surface area contributed by atoms with Gasteiger partial charge in [-0.1, -0.05) is 6.08 Å². The minimum absolute atomic E-state index is 0.0173. The van der Waals surface area contributed by atoms with Crippen LogP contribution in [-0.4, -0.2) is 15.9 Å². The lowest BCUT2D eigenvalue weighted by Gasteiger charge is -2.13. The third-order valence-electron chi connectivity index (χ3n) is 6.43. The molecule has 6 heteroatoms. The van der Waals surface area contributed by atoms with Crippen molar-refractivity contribution in [2.75, 3.05) is 5.32 Å². The van der Waals surface area contributed by atoms with Crippen LogP contribution in [0.5, 0.6) is 0 Å². The Morgan fingerprint density at radius 3 is 2.87 bits per heavy atom. The van der Waals surface area contributed by atoms with Crippen molar-refractivity contribution in [2.45, 2.75) is 25.7 Å². The van der Waals surface area contributed by atoms with Crippen molar-refractivity contribution < 1.29 is 9.18 Å². The van der Waals surface area contributed by atoms with Crippen LogP contribution >= 0.6 is 0 Å². The average molecular weight is 412 g/mol. The first kappa shape index (κ1) is 19.4. The van der Waals surface area contributed by atoms with Gasteiger partial charge in [0.25, 0.3) is 0 Å². The molecule has 0 spiro atoms. The van der Waals surface area contributed by atoms with Gasteiger partial charge < -0.3 is 5.32 Å². The van der Waals surface area contributed by atoms with Gasteiger partial charge in [0.05, 0.1) is 17.4 Å². The molecule has 5 rings (SSSR count). The Balaban J connectivity index is 1.24. The first-order chi connectivity index (χ1) is 15.1. The van der Waals surface area contributed by atoms with Gasteiger partial charge in [-0.3, -0.25) is 9.78 Å². The molecule has 1 amide bonds. The summed E-state index contributed by atoms with van der Waals surface area (Å²) in [7, 11) is 0. The zero-order valence-corrected chi connectivity index (χ0v) is 16.9. The Morgan fingerprint density at radius 2 is 2.10 bits per heavy atom. The number of hydrogen-bond acceptors (Lipinski definition) is 4. The van der Waals surface area contributed by atoms with Gasteiger partial charge in [0.2, 0.25) is 5.91 Å². The lowest BCUT2D eigenvalue weighted by atomic mass is 9.94. The van der Waals surface area contributed by atoms with Crippen LogP contribution in [0.25, 0.3) is 16.5 Å². The van der Waals surface area contributed by atoms with Gasteiger partial charge in [0.1, 0.15) is 17.6 Å². The van der Waals surface area contributed by atoms with Crippen molar-refractivity contribution in [1.29, 1.82) is 5.26 Å². The summed E-state index contributed by atoms with van der Waals surface area (Å²) in [4.78, 5) is 20.8. The summed E-state index contributed by atoms with van der Waals surface area (Å²) in [6.07, 6.45) is 9.07. The molecule has 2 aliphatic carbocycles. The second kappa shape index (κ2) is 7.92. The average Bonchev–Trinajstić information content (AvgIpc) is 3.32. The molecule has 0 aliphatic heterocycles. The van der Waals surface area contributed by atoms with E-state index >= 15 is 0 Å². The number of nitrogens with zero attached hydrogens (tertiary/aromatic N) is 3. The minimum Gasteiger partial charge on any atom is -0.325 e. The number of carbonyl (C=O) groups excluding carboxylic acids is 1. The van der Waals surface area contributed by atoms with E-state index in [9.17, 15) is 9.18 Å². The summed E-state index contributed by atoms with van der Waals surface area (Å²) >= 11 is 0. The van der Waals surface area contributed by atoms with Crippen molar-refractivity contribution in [2.24, 2.45) is 17.8 Å². The number of amides is 1. The molecular weight excluding hydrogens is 391 g/mol. The molecule has 0 unspecified atom stereocenters. The first-order valence-electron chi connectivity index (χ1n) is 10.5. The van der Waals surface area contributed by atoms with E-state index in [4.69, 9.17) is 5.26 Å². The Bertz CT molecular complexity index is 1230. The van der Waals surface area contributed by atoms with Gasteiger partial charge in [0, 0.05) is 18.0 Å². The number of rotatable bonds is 4. The summed E-state index contributed by atoms with van der Waals surface area (Å²) in [5.74, 6) is 1.08. The Kier molecular flexibility index (Phi) is 4.95. The van der Waals surface area contributed by atoms with E-state index in [0.29, 0.717) is 35.6 Å². The molecule has 1 fully saturated rings. The molecule has 5 nitrogen and oxygen atoms in total. The lowest BCUT2D eigenvalue weighted by molar-refractivity contribution is -0.117. The first-order valence-corrected chi connectivity index (χ1v) is 10.5. The van der Waals surface area contributed by atoms with Gasteiger partial charge >= 0.3 is 0 Å². The maximum atomic E-state index is 13.8. The van der Waals surface area contributed by atoms with Gasteiger partial charge in [-0.2, -0.15) is 5.26 Å². The smallest absolute Gasteiger partial charge is 0.224 e. The molecule has 3 atom stereocenters. The fraction of sp³-hybridized carbons (Fsp3) is 0.280. The Morgan fingerprint density at radius 1 is 1.19 bits per heavy atom. The van der Waals surface area contributed by atoms with Crippen molar-refractivity contribution in [1.82, 2.24) is 9.97 Å². The molecule has 2 aromatic heterocycles. The van der Waals surface area contributed by atoms with E-state index in [2.05, 4.69) is 21.4 Å². The molecule has 3 aromatic rings. The van der Waals surface area contributed by atoms with Crippen molar-refractivity contribution in [3.05, 3.63) is 71.9 Å². The molecule has 0 bridgehead atoms. The summed E-state index contributed by atoms with van der Waals surface area (Å²) in [6.45, 7) is 0. The normalized spacial score (nSPS) is 22.1. The van der Waals surface area contributed by atoms with Crippen LogP contribution in [0.3, 0.4) is 0 Å². The van der Waals surface area contributed by atoms with Crippen LogP contribution in [0.4, 0.5) is 10.1 Å². The number of pyridine rings is 2. The van der Waals surface area contributed by atoms with E-state index < -0.39 is 0 Å². The van der Waals surface area contributed by atoms with Crippen molar-refractivity contribution in [3.8, 4) is 6.07 Å². The van der Waals surface area contributed by atoms with Gasteiger partial charge in [-0.05, 0) is 84.6 Å². The van der Waals surface area contributed by atoms with Gasteiger partial charge in [-0.25, -0.2) is 9.37 Å². The summed E-state index contributed by atoms with van der Waals surface area (Å²) in [6, 6.07) is 12.0. The van der Waals surface area contributed by atoms with Crippen LogP contribution in [0.1, 0.15) is 36.9 Å². The molecule has 2 heterocycles. The minimum atomic E-state index is -0.246. The highest BCUT2D eigenvalue weighted by Gasteiger charge is 2.38. The highest BCUT2D eigenvalue weighted by atomic mass is 19.1. The summed E-state index contributed by atoms with van der Waals surface area (Å²) in [5.41, 5.74) is 4.08. The number of aromatic nitrogens is 2. The SMILES string of the molecule is N#Cc1ccc(NC(=O)C[C@@H]2C[C@@H]3CC(c4ccnc5ccc(F)cc45)=C[C@@H]3C2)cn1. The molecule has 1 aromatic carbocycles. The summed E-state index contributed by atoms with van der Waals surface area (Å²) < 4.78 is 13.8. The monoisotopic (exact) mass is 412 g/mol. The number of nitrogens with one attached hydrogen (secondary N) is 1. The molecule has 31 heavy (non-hydrogen) atoms. The standard InChI is InChI=1S/C25H21FN4O/c26-19-1-4-24-23(12-19)22(5-6-28-24)18-10-16-7-15(8-17(16)11-18)9-25(31)30-21-3-2-20(13-27)29-14-21/h1-6,10,12,14-17H,7-9,11H2,(H,30,31)/t15-,16-,17+/m0/s1. The van der Waals surface area contributed by atoms with Crippen LogP contribution in [0.15, 0.2) is 54.9 Å². The molecular formula is C25H21FN4O. The number of hydrogen-bond donors (Lipinski definition) is 1. The van der Waals surface area contributed by atoms with Gasteiger partial charge in [-0.15, -0.1) is 0 Å². The third-order valence-corrected chi connectivity index (χ3v) is 6.43. The number of allylic oxidation sites excluding steroid dienone is 2. The largest absolute Gasteiger partial charge is 0.325 e. The van der Waals surface area contributed by atoms with Crippen LogP contribution in [0, 0.1) is 34.9 Å². The molecule has 154 valence electrons. The van der Waals surface area contributed by atoms with Crippen molar-refractivity contribution >= 4 is 28.1 Å². The number of anilines is 1. The highest BCUT2D eigenvalue weighted by molar-refractivity contribution is 5.92. The molecule has 0 radical (unpaired) electrons. The van der Waals surface area contributed by atoms with Crippen LogP contribution in [0.2, 0.25) is 0 Å². The van der Waals surface area contributed by atoms with Crippen LogP contribution < -0.4 is 5.32 Å². The number of nitriles is 1. The molecule has 1 saturated carbocycles. The highest BCUT2D eigenvalue weighted by Crippen LogP contribution is 2.49. The zero-order chi connectivity index (χ0) is 21.4. The van der Waals surface area contributed by atoms with E-state index in [1.807, 2.05) is 12.1 Å². The van der Waals surface area contributed by atoms with Gasteiger partial charge in [0.15, 0.2) is 0 Å². The maximum Gasteiger partial charge on any atom is 0.224 e. The van der Waals surface area contributed by atoms with E-state index in [-0.39, 0.29) is 11.7 Å². The maximum absolute atomic E-state index is 13.8. The predicted molar refractivity (Wildman–Crippen MR) is 116 cm³/mol.